The summed E-state index contributed by atoms with van der Waals surface area (Å²) in [7, 11) is 1.24. The van der Waals surface area contributed by atoms with Gasteiger partial charge in [-0.15, -0.1) is 0 Å². The molecule has 2 aliphatic heterocycles. The minimum absolute atomic E-state index is 0.592. The van der Waals surface area contributed by atoms with Crippen molar-refractivity contribution in [1.29, 1.82) is 0 Å². The van der Waals surface area contributed by atoms with E-state index < -0.39 is 74.6 Å². The predicted molar refractivity (Wildman–Crippen MR) is 73.4 cm³/mol. The highest BCUT2D eigenvalue weighted by Gasteiger charge is 2.50. The van der Waals surface area contributed by atoms with Crippen LogP contribution in [-0.4, -0.2) is 117 Å². The maximum absolute atomic E-state index is 10.2. The largest absolute Gasteiger partial charge is 0.394 e. The first-order valence-electron chi connectivity index (χ1n) is 7.46. The normalized spacial score (nSPS) is 50.0. The van der Waals surface area contributed by atoms with E-state index in [0.717, 1.165) is 0 Å². The molecule has 2 saturated heterocycles. The van der Waals surface area contributed by atoms with Gasteiger partial charge in [-0.25, -0.2) is 0 Å². The van der Waals surface area contributed by atoms with Gasteiger partial charge in [-0.05, 0) is 0 Å². The molecule has 11 nitrogen and oxygen atoms in total. The Hall–Kier alpha value is -0.440. The Balaban J connectivity index is 2.12. The third kappa shape index (κ3) is 3.71. The molecule has 0 saturated carbocycles. The molecule has 0 aromatic carbocycles. The van der Waals surface area contributed by atoms with Gasteiger partial charge in [-0.1, -0.05) is 0 Å². The second-order valence-corrected chi connectivity index (χ2v) is 5.74. The maximum atomic E-state index is 10.2. The van der Waals surface area contributed by atoms with Gasteiger partial charge >= 0.3 is 0 Å². The summed E-state index contributed by atoms with van der Waals surface area (Å²) in [4.78, 5) is 0. The fraction of sp³-hybridized carbons (Fsp3) is 1.00. The van der Waals surface area contributed by atoms with Crippen molar-refractivity contribution in [3.8, 4) is 0 Å². The summed E-state index contributed by atoms with van der Waals surface area (Å²) >= 11 is 0. The zero-order valence-electron chi connectivity index (χ0n) is 13.0. The molecule has 11 heteroatoms. The zero-order chi connectivity index (χ0) is 18.0. The first kappa shape index (κ1) is 19.9. The molecule has 2 heterocycles. The molecule has 24 heavy (non-hydrogen) atoms. The Labute approximate surface area is 137 Å². The lowest BCUT2D eigenvalue weighted by atomic mass is 9.97. The molecular formula is C13H24O11. The Morgan fingerprint density at radius 2 is 1.25 bits per heavy atom. The second kappa shape index (κ2) is 8.29. The average molecular weight is 356 g/mol. The van der Waals surface area contributed by atoms with Crippen molar-refractivity contribution in [3.63, 3.8) is 0 Å². The van der Waals surface area contributed by atoms with Crippen LogP contribution in [0.3, 0.4) is 0 Å². The minimum Gasteiger partial charge on any atom is -0.394 e. The monoisotopic (exact) mass is 356 g/mol. The molecule has 10 atom stereocenters. The Morgan fingerprint density at radius 3 is 1.79 bits per heavy atom. The summed E-state index contributed by atoms with van der Waals surface area (Å²) in [5.74, 6) is 0. The SMILES string of the molecule is COC1OC(CO)[C@@H](OC2OC(CO)[C@H](O)C(O)[C@@H]2O)C(O)[C@@H]1O. The molecule has 142 valence electrons. The van der Waals surface area contributed by atoms with Crippen LogP contribution in [0.2, 0.25) is 0 Å². The third-order valence-corrected chi connectivity index (χ3v) is 4.19. The van der Waals surface area contributed by atoms with E-state index in [4.69, 9.17) is 24.1 Å². The van der Waals surface area contributed by atoms with E-state index in [1.807, 2.05) is 0 Å². The van der Waals surface area contributed by atoms with Crippen molar-refractivity contribution < 1.29 is 54.7 Å². The van der Waals surface area contributed by atoms with Gasteiger partial charge in [0.15, 0.2) is 12.6 Å². The highest BCUT2D eigenvalue weighted by Crippen LogP contribution is 2.29. The number of rotatable bonds is 5. The number of hydrogen-bond donors (Lipinski definition) is 7. The van der Waals surface area contributed by atoms with Gasteiger partial charge in [-0.2, -0.15) is 0 Å². The van der Waals surface area contributed by atoms with Gasteiger partial charge in [0.2, 0.25) is 0 Å². The minimum atomic E-state index is -1.69. The lowest BCUT2D eigenvalue weighted by Gasteiger charge is -2.45. The highest BCUT2D eigenvalue weighted by atomic mass is 16.7. The maximum Gasteiger partial charge on any atom is 0.187 e. The van der Waals surface area contributed by atoms with Crippen molar-refractivity contribution in [2.45, 2.75) is 61.4 Å². The van der Waals surface area contributed by atoms with Crippen LogP contribution in [0.1, 0.15) is 0 Å². The van der Waals surface area contributed by atoms with Crippen molar-refractivity contribution in [2.24, 2.45) is 0 Å². The molecule has 7 N–H and O–H groups in total. The first-order chi connectivity index (χ1) is 11.3. The van der Waals surface area contributed by atoms with Gasteiger partial charge in [0.1, 0.15) is 48.8 Å². The molecule has 2 fully saturated rings. The van der Waals surface area contributed by atoms with Crippen LogP contribution >= 0.6 is 0 Å². The smallest absolute Gasteiger partial charge is 0.187 e. The molecule has 0 aliphatic carbocycles. The van der Waals surface area contributed by atoms with E-state index in [-0.39, 0.29) is 0 Å². The summed E-state index contributed by atoms with van der Waals surface area (Å²) in [6.07, 6.45) is -14.3. The summed E-state index contributed by atoms with van der Waals surface area (Å²) < 4.78 is 20.6. The van der Waals surface area contributed by atoms with E-state index in [1.165, 1.54) is 7.11 Å². The molecule has 0 aromatic heterocycles. The second-order valence-electron chi connectivity index (χ2n) is 5.74. The van der Waals surface area contributed by atoms with E-state index in [0.29, 0.717) is 0 Å². The number of methoxy groups -OCH3 is 1. The zero-order valence-corrected chi connectivity index (χ0v) is 13.0. The van der Waals surface area contributed by atoms with Crippen LogP contribution in [0.5, 0.6) is 0 Å². The molecule has 0 spiro atoms. The molecule has 0 bridgehead atoms. The lowest BCUT2D eigenvalue weighted by Crippen LogP contribution is -2.64. The first-order valence-corrected chi connectivity index (χ1v) is 7.46. The average Bonchev–Trinajstić information content (AvgIpc) is 2.59. The van der Waals surface area contributed by atoms with Crippen LogP contribution in [-0.2, 0) is 18.9 Å². The number of aliphatic hydroxyl groups is 7. The number of hydrogen-bond acceptors (Lipinski definition) is 11. The summed E-state index contributed by atoms with van der Waals surface area (Å²) in [6.45, 7) is -1.24. The predicted octanol–water partition coefficient (Wildman–Crippen LogP) is -4.74. The van der Waals surface area contributed by atoms with E-state index in [9.17, 15) is 30.6 Å². The van der Waals surface area contributed by atoms with Crippen LogP contribution in [0.4, 0.5) is 0 Å². The van der Waals surface area contributed by atoms with Gasteiger partial charge in [0.25, 0.3) is 0 Å². The quantitative estimate of drug-likeness (QED) is 0.251. The van der Waals surface area contributed by atoms with Crippen LogP contribution in [0.15, 0.2) is 0 Å². The van der Waals surface area contributed by atoms with E-state index >= 15 is 0 Å². The molecule has 0 radical (unpaired) electrons. The Bertz CT molecular complexity index is 392. The molecule has 0 amide bonds. The fourth-order valence-corrected chi connectivity index (χ4v) is 2.75. The van der Waals surface area contributed by atoms with Crippen LogP contribution in [0, 0.1) is 0 Å². The number of aliphatic hydroxyl groups excluding tert-OH is 7. The summed E-state index contributed by atoms with van der Waals surface area (Å²) in [5, 5.41) is 68.0. The fourth-order valence-electron chi connectivity index (χ4n) is 2.75. The van der Waals surface area contributed by atoms with Gasteiger partial charge in [-0.3, -0.25) is 0 Å². The van der Waals surface area contributed by atoms with Gasteiger partial charge in [0.05, 0.1) is 13.2 Å². The van der Waals surface area contributed by atoms with E-state index in [2.05, 4.69) is 0 Å². The molecular weight excluding hydrogens is 332 g/mol. The Kier molecular flexibility index (Phi) is 6.87. The van der Waals surface area contributed by atoms with Crippen molar-refractivity contribution in [3.05, 3.63) is 0 Å². The van der Waals surface area contributed by atoms with Crippen molar-refractivity contribution >= 4 is 0 Å². The standard InChI is InChI=1S/C13H24O11/c1-21-12-10(20)8(18)11(5(3-15)23-12)24-13-9(19)7(17)6(16)4(2-14)22-13/h4-20H,2-3H2,1H3/t4?,5?,6-,7?,8?,9-,10-,11+,12?,13?/m0/s1. The number of ether oxygens (including phenoxy) is 4. The summed E-state index contributed by atoms with van der Waals surface area (Å²) in [5.41, 5.74) is 0. The highest BCUT2D eigenvalue weighted by molar-refractivity contribution is 4.93. The van der Waals surface area contributed by atoms with Crippen LogP contribution in [0.25, 0.3) is 0 Å². The molecule has 2 rings (SSSR count). The molecule has 2 aliphatic rings. The third-order valence-electron chi connectivity index (χ3n) is 4.19. The van der Waals surface area contributed by atoms with Gasteiger partial charge < -0.3 is 54.7 Å². The van der Waals surface area contributed by atoms with Gasteiger partial charge in [0, 0.05) is 7.11 Å². The summed E-state index contributed by atoms with van der Waals surface area (Å²) in [6, 6.07) is 0. The van der Waals surface area contributed by atoms with Crippen molar-refractivity contribution in [2.75, 3.05) is 20.3 Å². The molecule has 0 aromatic rings. The Morgan fingerprint density at radius 1 is 0.708 bits per heavy atom. The topological polar surface area (TPSA) is 179 Å². The van der Waals surface area contributed by atoms with Crippen LogP contribution < -0.4 is 0 Å². The van der Waals surface area contributed by atoms with Crippen molar-refractivity contribution in [1.82, 2.24) is 0 Å². The lowest BCUT2D eigenvalue weighted by molar-refractivity contribution is -0.357. The van der Waals surface area contributed by atoms with E-state index in [1.54, 1.807) is 0 Å². The molecule has 6 unspecified atom stereocenters.